The molecule has 0 aliphatic rings. The van der Waals surface area contributed by atoms with Crippen LogP contribution in [0.4, 0.5) is 15.8 Å². The standard InChI is InChI=1S/C15H17FN2O2S/c1-2-11-18(13-9-7-12(17)8-10-13)21(19,20)15-6-4-3-5-14(15)16/h3-10H,2,11,17H2,1H3. The molecule has 0 saturated carbocycles. The first-order valence-electron chi connectivity index (χ1n) is 6.59. The molecule has 0 aromatic heterocycles. The van der Waals surface area contributed by atoms with Crippen LogP contribution >= 0.6 is 0 Å². The van der Waals surface area contributed by atoms with Crippen LogP contribution in [0.3, 0.4) is 0 Å². The van der Waals surface area contributed by atoms with Crippen molar-refractivity contribution in [1.82, 2.24) is 0 Å². The van der Waals surface area contributed by atoms with Crippen LogP contribution in [0.25, 0.3) is 0 Å². The maximum absolute atomic E-state index is 13.8. The molecule has 0 heterocycles. The minimum Gasteiger partial charge on any atom is -0.399 e. The molecule has 0 aliphatic heterocycles. The van der Waals surface area contributed by atoms with E-state index >= 15 is 0 Å². The Morgan fingerprint density at radius 3 is 2.29 bits per heavy atom. The molecule has 0 bridgehead atoms. The first kappa shape index (κ1) is 15.3. The Morgan fingerprint density at radius 2 is 1.71 bits per heavy atom. The molecule has 0 aliphatic carbocycles. The predicted octanol–water partition coefficient (Wildman–Crippen LogP) is 3.01. The molecule has 0 unspecified atom stereocenters. The SMILES string of the molecule is CCCN(c1ccc(N)cc1)S(=O)(=O)c1ccccc1F. The van der Waals surface area contributed by atoms with Crippen LogP contribution in [0.2, 0.25) is 0 Å². The fraction of sp³-hybridized carbons (Fsp3) is 0.200. The molecule has 21 heavy (non-hydrogen) atoms. The Kier molecular flexibility index (Phi) is 4.47. The van der Waals surface area contributed by atoms with E-state index in [0.29, 0.717) is 17.8 Å². The Balaban J connectivity index is 2.51. The zero-order valence-electron chi connectivity index (χ0n) is 11.7. The molecule has 0 amide bonds. The summed E-state index contributed by atoms with van der Waals surface area (Å²) in [6.45, 7) is 2.13. The van der Waals surface area contributed by atoms with Gasteiger partial charge in [0.15, 0.2) is 0 Å². The predicted molar refractivity (Wildman–Crippen MR) is 82.1 cm³/mol. The van der Waals surface area contributed by atoms with Gasteiger partial charge in [0.2, 0.25) is 0 Å². The van der Waals surface area contributed by atoms with Crippen LogP contribution in [0.15, 0.2) is 53.4 Å². The van der Waals surface area contributed by atoms with Crippen LogP contribution in [-0.2, 0) is 10.0 Å². The number of benzene rings is 2. The van der Waals surface area contributed by atoms with Gasteiger partial charge in [-0.25, -0.2) is 12.8 Å². The fourth-order valence-electron chi connectivity index (χ4n) is 2.00. The molecule has 0 spiro atoms. The number of rotatable bonds is 5. The zero-order chi connectivity index (χ0) is 15.5. The lowest BCUT2D eigenvalue weighted by atomic mass is 10.3. The molecular formula is C15H17FN2O2S. The van der Waals surface area contributed by atoms with E-state index < -0.39 is 15.8 Å². The van der Waals surface area contributed by atoms with Crippen molar-refractivity contribution in [3.8, 4) is 0 Å². The molecule has 4 nitrogen and oxygen atoms in total. The van der Waals surface area contributed by atoms with Gasteiger partial charge in [0.1, 0.15) is 10.7 Å². The van der Waals surface area contributed by atoms with Gasteiger partial charge < -0.3 is 5.73 Å². The second-order valence-corrected chi connectivity index (χ2v) is 6.43. The number of anilines is 2. The number of nitrogens with zero attached hydrogens (tertiary/aromatic N) is 1. The zero-order valence-corrected chi connectivity index (χ0v) is 12.5. The van der Waals surface area contributed by atoms with Crippen molar-refractivity contribution < 1.29 is 12.8 Å². The van der Waals surface area contributed by atoms with Gasteiger partial charge in [0.25, 0.3) is 10.0 Å². The molecular weight excluding hydrogens is 291 g/mol. The summed E-state index contributed by atoms with van der Waals surface area (Å²) in [5, 5.41) is 0. The van der Waals surface area contributed by atoms with E-state index in [0.717, 1.165) is 6.07 Å². The van der Waals surface area contributed by atoms with Crippen LogP contribution in [-0.4, -0.2) is 15.0 Å². The van der Waals surface area contributed by atoms with Crippen LogP contribution in [0.5, 0.6) is 0 Å². The highest BCUT2D eigenvalue weighted by molar-refractivity contribution is 7.92. The molecule has 6 heteroatoms. The van der Waals surface area contributed by atoms with E-state index in [9.17, 15) is 12.8 Å². The second-order valence-electron chi connectivity index (χ2n) is 4.60. The maximum Gasteiger partial charge on any atom is 0.267 e. The molecule has 2 N–H and O–H groups in total. The van der Waals surface area contributed by atoms with Gasteiger partial charge in [-0.05, 0) is 42.8 Å². The number of hydrogen-bond donors (Lipinski definition) is 1. The summed E-state index contributed by atoms with van der Waals surface area (Å²) in [6, 6.07) is 11.8. The van der Waals surface area contributed by atoms with E-state index in [-0.39, 0.29) is 11.4 Å². The number of halogens is 1. The number of nitrogen functional groups attached to an aromatic ring is 1. The van der Waals surface area contributed by atoms with E-state index in [1.54, 1.807) is 24.3 Å². The minimum atomic E-state index is -3.94. The van der Waals surface area contributed by atoms with Gasteiger partial charge >= 0.3 is 0 Å². The van der Waals surface area contributed by atoms with Crippen LogP contribution in [0.1, 0.15) is 13.3 Å². The summed E-state index contributed by atoms with van der Waals surface area (Å²) in [6.07, 6.45) is 0.609. The Morgan fingerprint density at radius 1 is 1.10 bits per heavy atom. The van der Waals surface area contributed by atoms with Gasteiger partial charge in [0.05, 0.1) is 5.69 Å². The first-order valence-corrected chi connectivity index (χ1v) is 8.03. The summed E-state index contributed by atoms with van der Waals surface area (Å²) < 4.78 is 40.4. The average molecular weight is 308 g/mol. The molecule has 2 aromatic rings. The Bertz CT molecular complexity index is 715. The van der Waals surface area contributed by atoms with E-state index in [1.165, 1.54) is 22.5 Å². The molecule has 112 valence electrons. The van der Waals surface area contributed by atoms with Crippen LogP contribution in [0, 0.1) is 5.82 Å². The fourth-order valence-corrected chi connectivity index (χ4v) is 3.63. The topological polar surface area (TPSA) is 63.4 Å². The van der Waals surface area contributed by atoms with Crippen molar-refractivity contribution in [2.45, 2.75) is 18.2 Å². The summed E-state index contributed by atoms with van der Waals surface area (Å²) in [7, 11) is -3.94. The summed E-state index contributed by atoms with van der Waals surface area (Å²) in [5.74, 6) is -0.756. The smallest absolute Gasteiger partial charge is 0.267 e. The Hall–Kier alpha value is -2.08. The average Bonchev–Trinajstić information content (AvgIpc) is 2.46. The lowest BCUT2D eigenvalue weighted by molar-refractivity contribution is 0.563. The van der Waals surface area contributed by atoms with Gasteiger partial charge in [-0.2, -0.15) is 0 Å². The largest absolute Gasteiger partial charge is 0.399 e. The minimum absolute atomic E-state index is 0.264. The highest BCUT2D eigenvalue weighted by Crippen LogP contribution is 2.26. The normalized spacial score (nSPS) is 11.3. The van der Waals surface area contributed by atoms with Crippen molar-refractivity contribution in [3.63, 3.8) is 0 Å². The van der Waals surface area contributed by atoms with Crippen molar-refractivity contribution in [2.24, 2.45) is 0 Å². The van der Waals surface area contributed by atoms with Crippen molar-refractivity contribution >= 4 is 21.4 Å². The van der Waals surface area contributed by atoms with Crippen LogP contribution < -0.4 is 10.0 Å². The molecule has 0 radical (unpaired) electrons. The molecule has 0 saturated heterocycles. The van der Waals surface area contributed by atoms with Gasteiger partial charge in [-0.15, -0.1) is 0 Å². The third-order valence-corrected chi connectivity index (χ3v) is 4.87. The lowest BCUT2D eigenvalue weighted by Gasteiger charge is -2.24. The van der Waals surface area contributed by atoms with E-state index in [2.05, 4.69) is 0 Å². The summed E-state index contributed by atoms with van der Waals surface area (Å²) >= 11 is 0. The molecule has 2 aromatic carbocycles. The third kappa shape index (κ3) is 3.16. The van der Waals surface area contributed by atoms with Crippen molar-refractivity contribution in [1.29, 1.82) is 0 Å². The third-order valence-electron chi connectivity index (χ3n) is 3.01. The van der Waals surface area contributed by atoms with E-state index in [1.807, 2.05) is 6.92 Å². The van der Waals surface area contributed by atoms with Crippen molar-refractivity contribution in [2.75, 3.05) is 16.6 Å². The quantitative estimate of drug-likeness (QED) is 0.864. The van der Waals surface area contributed by atoms with Gasteiger partial charge in [-0.1, -0.05) is 19.1 Å². The van der Waals surface area contributed by atoms with Gasteiger partial charge in [0, 0.05) is 12.2 Å². The van der Waals surface area contributed by atoms with Crippen molar-refractivity contribution in [3.05, 3.63) is 54.3 Å². The summed E-state index contributed by atoms with van der Waals surface area (Å²) in [5.41, 5.74) is 6.62. The van der Waals surface area contributed by atoms with E-state index in [4.69, 9.17) is 5.73 Å². The molecule has 2 rings (SSSR count). The Labute approximate surface area is 124 Å². The lowest BCUT2D eigenvalue weighted by Crippen LogP contribution is -2.32. The molecule has 0 fully saturated rings. The number of sulfonamides is 1. The monoisotopic (exact) mass is 308 g/mol. The van der Waals surface area contributed by atoms with Gasteiger partial charge in [-0.3, -0.25) is 4.31 Å². The highest BCUT2D eigenvalue weighted by atomic mass is 32.2. The second kappa shape index (κ2) is 6.13. The molecule has 0 atom stereocenters. The first-order chi connectivity index (χ1) is 9.96. The maximum atomic E-state index is 13.8. The number of nitrogens with two attached hydrogens (primary N) is 1. The highest BCUT2D eigenvalue weighted by Gasteiger charge is 2.26. The number of hydrogen-bond acceptors (Lipinski definition) is 3. The summed E-state index contributed by atoms with van der Waals surface area (Å²) in [4.78, 5) is -0.324.